The molecule has 1 aromatic carbocycles. The van der Waals surface area contributed by atoms with Crippen molar-refractivity contribution in [1.29, 1.82) is 0 Å². The predicted molar refractivity (Wildman–Crippen MR) is 63.2 cm³/mol. The lowest BCUT2D eigenvalue weighted by molar-refractivity contribution is 0.0922. The first kappa shape index (κ1) is 10.1. The Bertz CT molecular complexity index is 368. The maximum absolute atomic E-state index is 5.93. The summed E-state index contributed by atoms with van der Waals surface area (Å²) in [5, 5.41) is 3.36. The highest BCUT2D eigenvalue weighted by molar-refractivity contribution is 5.64. The highest BCUT2D eigenvalue weighted by atomic mass is 16.5. The van der Waals surface area contributed by atoms with Crippen molar-refractivity contribution in [3.8, 4) is 5.75 Å². The average molecular weight is 206 g/mol. The lowest BCUT2D eigenvalue weighted by atomic mass is 9.88. The van der Waals surface area contributed by atoms with Crippen molar-refractivity contribution in [1.82, 2.24) is 0 Å². The van der Waals surface area contributed by atoms with Crippen LogP contribution in [0.2, 0.25) is 0 Å². The largest absolute Gasteiger partial charge is 0.486 e. The molecule has 0 saturated carbocycles. The van der Waals surface area contributed by atoms with Gasteiger partial charge in [0, 0.05) is 11.1 Å². The summed E-state index contributed by atoms with van der Waals surface area (Å²) in [5.74, 6) is 0.898. The van der Waals surface area contributed by atoms with Crippen molar-refractivity contribution in [3.05, 3.63) is 18.2 Å². The monoisotopic (exact) mass is 206 g/mol. The molecule has 0 fully saturated rings. The van der Waals surface area contributed by atoms with Crippen molar-refractivity contribution in [2.75, 3.05) is 17.6 Å². The number of benzene rings is 1. The van der Waals surface area contributed by atoms with Crippen LogP contribution < -0.4 is 15.8 Å². The number of hydrogen-bond donors (Lipinski definition) is 2. The van der Waals surface area contributed by atoms with E-state index < -0.39 is 0 Å². The molecule has 0 radical (unpaired) electrons. The average Bonchev–Trinajstić information content (AvgIpc) is 2.15. The molecule has 1 aliphatic heterocycles. The highest BCUT2D eigenvalue weighted by Gasteiger charge is 2.30. The Balaban J connectivity index is 2.24. The smallest absolute Gasteiger partial charge is 0.143 e. The summed E-state index contributed by atoms with van der Waals surface area (Å²) in [6.07, 6.45) is 0.202. The summed E-state index contributed by atoms with van der Waals surface area (Å²) in [6.45, 7) is 7.38. The van der Waals surface area contributed by atoms with Crippen molar-refractivity contribution in [2.24, 2.45) is 5.41 Å². The molecule has 1 unspecified atom stereocenters. The Morgan fingerprint density at radius 2 is 2.13 bits per heavy atom. The number of ether oxygens (including phenoxy) is 1. The molecule has 1 aliphatic rings. The molecule has 0 amide bonds. The zero-order valence-electron chi connectivity index (χ0n) is 9.50. The SMILES string of the molecule is CC(C)(C)C1CNc2cc(N)ccc2O1. The first-order valence-corrected chi connectivity index (χ1v) is 5.27. The second-order valence-corrected chi connectivity index (χ2v) is 5.11. The maximum atomic E-state index is 5.93. The summed E-state index contributed by atoms with van der Waals surface area (Å²) in [6, 6.07) is 5.70. The molecule has 15 heavy (non-hydrogen) atoms. The Labute approximate surface area is 90.6 Å². The van der Waals surface area contributed by atoms with Crippen LogP contribution in [0.5, 0.6) is 5.75 Å². The predicted octanol–water partition coefficient (Wildman–Crippen LogP) is 2.49. The molecule has 1 heterocycles. The van der Waals surface area contributed by atoms with E-state index in [1.165, 1.54) is 0 Å². The van der Waals surface area contributed by atoms with Crippen LogP contribution in [0.3, 0.4) is 0 Å². The van der Waals surface area contributed by atoms with E-state index >= 15 is 0 Å². The summed E-state index contributed by atoms with van der Waals surface area (Å²) >= 11 is 0. The van der Waals surface area contributed by atoms with Gasteiger partial charge in [-0.3, -0.25) is 0 Å². The van der Waals surface area contributed by atoms with Crippen LogP contribution >= 0.6 is 0 Å². The third-order valence-corrected chi connectivity index (χ3v) is 2.72. The summed E-state index contributed by atoms with van der Waals surface area (Å²) in [4.78, 5) is 0. The Kier molecular flexibility index (Phi) is 2.25. The molecule has 0 aliphatic carbocycles. The molecule has 1 atom stereocenters. The quantitative estimate of drug-likeness (QED) is 0.641. The minimum atomic E-state index is 0.145. The Hall–Kier alpha value is -1.38. The fourth-order valence-electron chi connectivity index (χ4n) is 1.67. The molecular weight excluding hydrogens is 188 g/mol. The number of fused-ring (bicyclic) bond motifs is 1. The van der Waals surface area contributed by atoms with Crippen molar-refractivity contribution in [2.45, 2.75) is 26.9 Å². The van der Waals surface area contributed by atoms with Gasteiger partial charge in [-0.2, -0.15) is 0 Å². The van der Waals surface area contributed by atoms with Crippen LogP contribution in [0.15, 0.2) is 18.2 Å². The van der Waals surface area contributed by atoms with E-state index in [-0.39, 0.29) is 11.5 Å². The van der Waals surface area contributed by atoms with E-state index in [0.717, 1.165) is 23.7 Å². The maximum Gasteiger partial charge on any atom is 0.143 e. The number of nitrogen functional groups attached to an aromatic ring is 1. The van der Waals surface area contributed by atoms with Gasteiger partial charge in [-0.05, 0) is 18.2 Å². The zero-order valence-corrected chi connectivity index (χ0v) is 9.50. The molecular formula is C12H18N2O. The van der Waals surface area contributed by atoms with Gasteiger partial charge >= 0.3 is 0 Å². The second kappa shape index (κ2) is 3.33. The number of anilines is 2. The van der Waals surface area contributed by atoms with Crippen LogP contribution in [-0.2, 0) is 0 Å². The zero-order chi connectivity index (χ0) is 11.1. The first-order valence-electron chi connectivity index (χ1n) is 5.27. The molecule has 3 heteroatoms. The minimum Gasteiger partial charge on any atom is -0.486 e. The van der Waals surface area contributed by atoms with Gasteiger partial charge in [0.1, 0.15) is 11.9 Å². The summed E-state index contributed by atoms with van der Waals surface area (Å²) in [5.41, 5.74) is 7.61. The van der Waals surface area contributed by atoms with E-state index in [0.29, 0.717) is 0 Å². The molecule has 1 aromatic rings. The van der Waals surface area contributed by atoms with Gasteiger partial charge in [-0.25, -0.2) is 0 Å². The van der Waals surface area contributed by atoms with Crippen molar-refractivity contribution in [3.63, 3.8) is 0 Å². The van der Waals surface area contributed by atoms with Crippen LogP contribution in [0.1, 0.15) is 20.8 Å². The van der Waals surface area contributed by atoms with E-state index in [9.17, 15) is 0 Å². The molecule has 0 bridgehead atoms. The molecule has 82 valence electrons. The van der Waals surface area contributed by atoms with Gasteiger partial charge in [0.25, 0.3) is 0 Å². The lowest BCUT2D eigenvalue weighted by Crippen LogP contribution is -2.40. The number of nitrogens with one attached hydrogen (secondary N) is 1. The van der Waals surface area contributed by atoms with E-state index in [2.05, 4.69) is 26.1 Å². The van der Waals surface area contributed by atoms with Gasteiger partial charge < -0.3 is 15.8 Å². The summed E-state index contributed by atoms with van der Waals surface area (Å²) in [7, 11) is 0. The van der Waals surface area contributed by atoms with Crippen LogP contribution in [0.4, 0.5) is 11.4 Å². The van der Waals surface area contributed by atoms with Gasteiger partial charge in [0.15, 0.2) is 0 Å². The van der Waals surface area contributed by atoms with Gasteiger partial charge in [-0.15, -0.1) is 0 Å². The lowest BCUT2D eigenvalue weighted by Gasteiger charge is -2.35. The van der Waals surface area contributed by atoms with Crippen molar-refractivity contribution < 1.29 is 4.74 Å². The third kappa shape index (κ3) is 2.01. The van der Waals surface area contributed by atoms with Gasteiger partial charge in [-0.1, -0.05) is 20.8 Å². The van der Waals surface area contributed by atoms with E-state index in [1.807, 2.05) is 18.2 Å². The third-order valence-electron chi connectivity index (χ3n) is 2.72. The fourth-order valence-corrected chi connectivity index (χ4v) is 1.67. The highest BCUT2D eigenvalue weighted by Crippen LogP contribution is 2.35. The molecule has 0 spiro atoms. The summed E-state index contributed by atoms with van der Waals surface area (Å²) < 4.78 is 5.93. The van der Waals surface area contributed by atoms with E-state index in [4.69, 9.17) is 10.5 Å². The number of hydrogen-bond acceptors (Lipinski definition) is 3. The van der Waals surface area contributed by atoms with Crippen LogP contribution in [-0.4, -0.2) is 12.6 Å². The fraction of sp³-hybridized carbons (Fsp3) is 0.500. The number of rotatable bonds is 0. The van der Waals surface area contributed by atoms with E-state index in [1.54, 1.807) is 0 Å². The minimum absolute atomic E-state index is 0.145. The normalized spacial score (nSPS) is 20.1. The van der Waals surface area contributed by atoms with Crippen molar-refractivity contribution >= 4 is 11.4 Å². The first-order chi connectivity index (χ1) is 6.97. The second-order valence-electron chi connectivity index (χ2n) is 5.11. The van der Waals surface area contributed by atoms with Gasteiger partial charge in [0.2, 0.25) is 0 Å². The topological polar surface area (TPSA) is 47.3 Å². The van der Waals surface area contributed by atoms with Crippen LogP contribution in [0.25, 0.3) is 0 Å². The molecule has 0 saturated heterocycles. The Morgan fingerprint density at radius 3 is 2.80 bits per heavy atom. The van der Waals surface area contributed by atoms with Gasteiger partial charge in [0.05, 0.1) is 12.2 Å². The van der Waals surface area contributed by atoms with Crippen LogP contribution in [0, 0.1) is 5.41 Å². The molecule has 0 aromatic heterocycles. The molecule has 3 nitrogen and oxygen atoms in total. The molecule has 3 N–H and O–H groups in total. The molecule has 2 rings (SSSR count). The number of nitrogens with two attached hydrogens (primary N) is 1. The standard InChI is InChI=1S/C12H18N2O/c1-12(2,3)11-7-14-9-6-8(13)4-5-10(9)15-11/h4-6,11,14H,7,13H2,1-3H3. The Morgan fingerprint density at radius 1 is 1.40 bits per heavy atom.